The first-order valence-electron chi connectivity index (χ1n) is 7.50. The Morgan fingerprint density at radius 2 is 1.07 bits per heavy atom. The van der Waals surface area contributed by atoms with E-state index in [1.807, 2.05) is 0 Å². The van der Waals surface area contributed by atoms with E-state index in [0.29, 0.717) is 12.1 Å². The molecular formula is C18H7F5N2O2. The minimum Gasteiger partial charge on any atom is -0.321 e. The maximum atomic E-state index is 13.5. The van der Waals surface area contributed by atoms with Crippen molar-refractivity contribution < 1.29 is 31.5 Å². The number of hydrogen-bond donors (Lipinski definition) is 2. The molecule has 0 unspecified atom stereocenters. The number of amides is 2. The molecule has 0 saturated heterocycles. The van der Waals surface area contributed by atoms with E-state index in [4.69, 9.17) is 0 Å². The van der Waals surface area contributed by atoms with Crippen LogP contribution in [0.2, 0.25) is 0 Å². The van der Waals surface area contributed by atoms with Crippen molar-refractivity contribution in [3.8, 4) is 0 Å². The standard InChI is InChI=1S/C18H7F5N2O2/c19-8-2-1-6(3-9(8)20)15-12-13(18(27)24-15)16(25-17(12)26)7-4-10(21)14(23)11(22)5-7/h1-5H,(H,24,27)(H,25,26). The molecule has 0 bridgehead atoms. The highest BCUT2D eigenvalue weighted by Crippen LogP contribution is 2.37. The SMILES string of the molecule is O=C1NC(c2cc(F)c(F)c(F)c2)=C2C(=O)NC(c3ccc(F)c(F)c3)=C12. The quantitative estimate of drug-likeness (QED) is 0.624. The van der Waals surface area contributed by atoms with Gasteiger partial charge in [0.05, 0.1) is 22.5 Å². The fraction of sp³-hybridized carbons (Fsp3) is 0. The lowest BCUT2D eigenvalue weighted by atomic mass is 10.0. The molecule has 2 heterocycles. The van der Waals surface area contributed by atoms with Crippen molar-refractivity contribution in [3.63, 3.8) is 0 Å². The molecule has 0 fully saturated rings. The Hall–Kier alpha value is -3.49. The van der Waals surface area contributed by atoms with Gasteiger partial charge in [-0.05, 0) is 30.3 Å². The number of carbonyl (C=O) groups is 2. The molecule has 2 aromatic carbocycles. The summed E-state index contributed by atoms with van der Waals surface area (Å²) in [6, 6.07) is 4.04. The lowest BCUT2D eigenvalue weighted by Gasteiger charge is -2.08. The van der Waals surface area contributed by atoms with Gasteiger partial charge in [0.2, 0.25) is 0 Å². The third-order valence-corrected chi connectivity index (χ3v) is 4.16. The molecule has 136 valence electrons. The smallest absolute Gasteiger partial charge is 0.258 e. The van der Waals surface area contributed by atoms with E-state index in [2.05, 4.69) is 10.6 Å². The molecular weight excluding hydrogens is 371 g/mol. The van der Waals surface area contributed by atoms with Gasteiger partial charge < -0.3 is 10.6 Å². The van der Waals surface area contributed by atoms with Gasteiger partial charge in [-0.2, -0.15) is 0 Å². The highest BCUT2D eigenvalue weighted by molar-refractivity contribution is 6.30. The van der Waals surface area contributed by atoms with Gasteiger partial charge in [-0.3, -0.25) is 9.59 Å². The summed E-state index contributed by atoms with van der Waals surface area (Å²) in [5.74, 6) is -8.56. The first-order chi connectivity index (χ1) is 12.8. The van der Waals surface area contributed by atoms with Gasteiger partial charge in [-0.1, -0.05) is 0 Å². The van der Waals surface area contributed by atoms with Gasteiger partial charge in [0.25, 0.3) is 11.8 Å². The maximum Gasteiger partial charge on any atom is 0.258 e. The Morgan fingerprint density at radius 1 is 0.593 bits per heavy atom. The van der Waals surface area contributed by atoms with E-state index in [1.54, 1.807) is 0 Å². The van der Waals surface area contributed by atoms with Crippen molar-refractivity contribution in [1.29, 1.82) is 0 Å². The Bertz CT molecular complexity index is 1100. The van der Waals surface area contributed by atoms with Crippen LogP contribution >= 0.6 is 0 Å². The summed E-state index contributed by atoms with van der Waals surface area (Å²) in [4.78, 5) is 24.7. The van der Waals surface area contributed by atoms with Gasteiger partial charge in [-0.15, -0.1) is 0 Å². The number of halogens is 5. The first kappa shape index (κ1) is 17.0. The van der Waals surface area contributed by atoms with Crippen LogP contribution in [0, 0.1) is 29.1 Å². The number of hydrogen-bond acceptors (Lipinski definition) is 2. The summed E-state index contributed by atoms with van der Waals surface area (Å²) in [5, 5.41) is 4.66. The monoisotopic (exact) mass is 378 g/mol. The molecule has 2 N–H and O–H groups in total. The number of fused-ring (bicyclic) bond motifs is 1. The van der Waals surface area contributed by atoms with Crippen LogP contribution in [0.1, 0.15) is 11.1 Å². The lowest BCUT2D eigenvalue weighted by Crippen LogP contribution is -2.21. The van der Waals surface area contributed by atoms with E-state index in [9.17, 15) is 31.5 Å². The second-order valence-electron chi connectivity index (χ2n) is 5.79. The zero-order valence-corrected chi connectivity index (χ0v) is 13.1. The van der Waals surface area contributed by atoms with Crippen LogP contribution in [0.5, 0.6) is 0 Å². The highest BCUT2D eigenvalue weighted by atomic mass is 19.2. The second kappa shape index (κ2) is 5.76. The average molecular weight is 378 g/mol. The number of rotatable bonds is 2. The molecule has 27 heavy (non-hydrogen) atoms. The molecule has 2 aliphatic heterocycles. The van der Waals surface area contributed by atoms with Crippen LogP contribution in [0.4, 0.5) is 22.0 Å². The molecule has 2 amide bonds. The number of benzene rings is 2. The third kappa shape index (κ3) is 2.50. The Labute approximate surface area is 148 Å². The fourth-order valence-corrected chi connectivity index (χ4v) is 2.97. The normalized spacial score (nSPS) is 16.0. The molecule has 2 aliphatic rings. The molecule has 0 aromatic heterocycles. The van der Waals surface area contributed by atoms with Crippen LogP contribution in [0.25, 0.3) is 11.4 Å². The van der Waals surface area contributed by atoms with E-state index in [1.165, 1.54) is 0 Å². The van der Waals surface area contributed by atoms with Crippen molar-refractivity contribution in [2.75, 3.05) is 0 Å². The summed E-state index contributed by atoms with van der Waals surface area (Å²) in [5.41, 5.74) is -0.949. The zero-order valence-electron chi connectivity index (χ0n) is 13.1. The minimum atomic E-state index is -1.69. The van der Waals surface area contributed by atoms with Crippen LogP contribution in [-0.4, -0.2) is 11.8 Å². The molecule has 4 rings (SSSR count). The number of nitrogens with one attached hydrogen (secondary N) is 2. The van der Waals surface area contributed by atoms with Gasteiger partial charge in [-0.25, -0.2) is 22.0 Å². The van der Waals surface area contributed by atoms with Crippen LogP contribution in [0.15, 0.2) is 41.5 Å². The van der Waals surface area contributed by atoms with Crippen molar-refractivity contribution in [3.05, 3.63) is 81.7 Å². The van der Waals surface area contributed by atoms with Crippen molar-refractivity contribution >= 4 is 23.2 Å². The van der Waals surface area contributed by atoms with Gasteiger partial charge in [0, 0.05) is 11.1 Å². The summed E-state index contributed by atoms with van der Waals surface area (Å²) in [7, 11) is 0. The molecule has 0 radical (unpaired) electrons. The number of carbonyl (C=O) groups excluding carboxylic acids is 2. The fourth-order valence-electron chi connectivity index (χ4n) is 2.97. The molecule has 0 atom stereocenters. The highest BCUT2D eigenvalue weighted by Gasteiger charge is 2.41. The van der Waals surface area contributed by atoms with Gasteiger partial charge in [0.1, 0.15) is 0 Å². The lowest BCUT2D eigenvalue weighted by molar-refractivity contribution is -0.117. The summed E-state index contributed by atoms with van der Waals surface area (Å²) in [6.45, 7) is 0. The summed E-state index contributed by atoms with van der Waals surface area (Å²) in [6.07, 6.45) is 0. The van der Waals surface area contributed by atoms with Crippen LogP contribution < -0.4 is 10.6 Å². The predicted molar refractivity (Wildman–Crippen MR) is 82.8 cm³/mol. The first-order valence-corrected chi connectivity index (χ1v) is 7.50. The molecule has 2 aromatic rings. The second-order valence-corrected chi connectivity index (χ2v) is 5.79. The van der Waals surface area contributed by atoms with Gasteiger partial charge >= 0.3 is 0 Å². The van der Waals surface area contributed by atoms with Crippen LogP contribution in [0.3, 0.4) is 0 Å². The minimum absolute atomic E-state index is 0.0279. The van der Waals surface area contributed by atoms with Gasteiger partial charge in [0.15, 0.2) is 29.1 Å². The molecule has 0 spiro atoms. The topological polar surface area (TPSA) is 58.2 Å². The average Bonchev–Trinajstić information content (AvgIpc) is 3.14. The van der Waals surface area contributed by atoms with Crippen molar-refractivity contribution in [1.82, 2.24) is 10.6 Å². The van der Waals surface area contributed by atoms with E-state index >= 15 is 0 Å². The predicted octanol–water partition coefficient (Wildman–Crippen LogP) is 2.76. The van der Waals surface area contributed by atoms with E-state index in [-0.39, 0.29) is 33.7 Å². The third-order valence-electron chi connectivity index (χ3n) is 4.16. The van der Waals surface area contributed by atoms with E-state index < -0.39 is 40.9 Å². The molecule has 9 heteroatoms. The molecule has 4 nitrogen and oxygen atoms in total. The van der Waals surface area contributed by atoms with E-state index in [0.717, 1.165) is 18.2 Å². The summed E-state index contributed by atoms with van der Waals surface area (Å²) < 4.78 is 66.8. The largest absolute Gasteiger partial charge is 0.321 e. The van der Waals surface area contributed by atoms with Crippen LogP contribution in [-0.2, 0) is 9.59 Å². The Morgan fingerprint density at radius 3 is 1.59 bits per heavy atom. The van der Waals surface area contributed by atoms with Crippen molar-refractivity contribution in [2.45, 2.75) is 0 Å². The van der Waals surface area contributed by atoms with Crippen molar-refractivity contribution in [2.24, 2.45) is 0 Å². The zero-order chi connectivity index (χ0) is 19.5. The maximum absolute atomic E-state index is 13.5. The Kier molecular flexibility index (Phi) is 3.62. The molecule has 0 saturated carbocycles. The Balaban J connectivity index is 1.92. The molecule has 0 aliphatic carbocycles. The summed E-state index contributed by atoms with van der Waals surface area (Å²) >= 11 is 0.